The molecule has 1 N–H and O–H groups in total. The van der Waals surface area contributed by atoms with Gasteiger partial charge >= 0.3 is 5.97 Å². The fourth-order valence-corrected chi connectivity index (χ4v) is 4.47. The average Bonchev–Trinajstić information content (AvgIpc) is 3.38. The van der Waals surface area contributed by atoms with Crippen LogP contribution in [0.2, 0.25) is 0 Å². The third-order valence-electron chi connectivity index (χ3n) is 6.24. The van der Waals surface area contributed by atoms with Crippen molar-refractivity contribution in [1.29, 1.82) is 0 Å². The van der Waals surface area contributed by atoms with E-state index in [0.29, 0.717) is 19.0 Å². The second kappa shape index (κ2) is 13.1. The van der Waals surface area contributed by atoms with E-state index in [1.807, 2.05) is 30.3 Å². The van der Waals surface area contributed by atoms with Gasteiger partial charge in [-0.3, -0.25) is 9.80 Å². The van der Waals surface area contributed by atoms with Crippen molar-refractivity contribution in [3.05, 3.63) is 72.3 Å². The largest absolute Gasteiger partial charge is 0.508 e. The third kappa shape index (κ3) is 7.22. The summed E-state index contributed by atoms with van der Waals surface area (Å²) in [6.07, 6.45) is 1.95. The minimum atomic E-state index is -0.391. The molecule has 0 aliphatic carbocycles. The predicted octanol–water partition coefficient (Wildman–Crippen LogP) is 2.52. The number of aromatic hydroxyl groups is 1. The van der Waals surface area contributed by atoms with E-state index in [0.717, 1.165) is 49.4 Å². The number of aromatic nitrogens is 4. The number of phenols is 1. The number of phenolic OH excluding ortho intramolecular Hbond substituents is 1. The lowest BCUT2D eigenvalue weighted by Crippen LogP contribution is -2.47. The molecule has 1 fully saturated rings. The van der Waals surface area contributed by atoms with E-state index in [2.05, 4.69) is 50.0 Å². The molecular weight excluding hydrogens is 472 g/mol. The second-order valence-electron chi connectivity index (χ2n) is 8.81. The van der Waals surface area contributed by atoms with Crippen molar-refractivity contribution in [2.45, 2.75) is 19.5 Å². The molecule has 0 radical (unpaired) electrons. The van der Waals surface area contributed by atoms with Gasteiger partial charge in [-0.1, -0.05) is 42.5 Å². The monoisotopic (exact) mass is 506 g/mol. The van der Waals surface area contributed by atoms with Gasteiger partial charge in [0.25, 0.3) is 0 Å². The molecule has 1 aliphatic heterocycles. The van der Waals surface area contributed by atoms with Gasteiger partial charge in [0.1, 0.15) is 12.4 Å². The van der Waals surface area contributed by atoms with Crippen LogP contribution in [0.3, 0.4) is 0 Å². The third-order valence-corrected chi connectivity index (χ3v) is 6.24. The van der Waals surface area contributed by atoms with Gasteiger partial charge in [-0.2, -0.15) is 4.80 Å². The van der Waals surface area contributed by atoms with Crippen LogP contribution in [0.4, 0.5) is 0 Å². The summed E-state index contributed by atoms with van der Waals surface area (Å²) in [5.41, 5.74) is 3.04. The topological polar surface area (TPSA) is 106 Å². The Hall–Kier alpha value is -3.60. The van der Waals surface area contributed by atoms with Crippen LogP contribution in [0.25, 0.3) is 11.4 Å². The maximum Gasteiger partial charge on any atom is 0.332 e. The Morgan fingerprint density at radius 2 is 1.92 bits per heavy atom. The predicted molar refractivity (Wildman–Crippen MR) is 139 cm³/mol. The van der Waals surface area contributed by atoms with Crippen molar-refractivity contribution in [2.24, 2.45) is 0 Å². The number of piperazine rings is 1. The molecule has 1 saturated heterocycles. The molecule has 1 unspecified atom stereocenters. The van der Waals surface area contributed by atoms with Crippen LogP contribution in [0.15, 0.2) is 61.2 Å². The number of carbonyl (C=O) groups is 1. The number of hydrogen-bond donors (Lipinski definition) is 1. The van der Waals surface area contributed by atoms with Gasteiger partial charge in [0, 0.05) is 38.3 Å². The first kappa shape index (κ1) is 26.5. The first-order valence-corrected chi connectivity index (χ1v) is 12.5. The first-order chi connectivity index (χ1) is 18.1. The van der Waals surface area contributed by atoms with Crippen LogP contribution in [0, 0.1) is 0 Å². The van der Waals surface area contributed by atoms with E-state index in [1.54, 1.807) is 13.0 Å². The van der Waals surface area contributed by atoms with E-state index < -0.39 is 5.97 Å². The van der Waals surface area contributed by atoms with Crippen molar-refractivity contribution in [3.63, 3.8) is 0 Å². The minimum absolute atomic E-state index is 0.0206. The van der Waals surface area contributed by atoms with Crippen LogP contribution in [-0.2, 0) is 20.8 Å². The number of rotatable bonds is 12. The zero-order valence-electron chi connectivity index (χ0n) is 21.2. The molecule has 0 spiro atoms. The number of hydrogen-bond acceptors (Lipinski definition) is 9. The lowest BCUT2D eigenvalue weighted by atomic mass is 9.95. The van der Waals surface area contributed by atoms with E-state index in [-0.39, 0.29) is 25.0 Å². The molecule has 4 rings (SSSR count). The van der Waals surface area contributed by atoms with Gasteiger partial charge < -0.3 is 14.6 Å². The summed E-state index contributed by atoms with van der Waals surface area (Å²) in [5.74, 6) is 0.387. The van der Waals surface area contributed by atoms with Gasteiger partial charge in [0.2, 0.25) is 5.82 Å². The molecule has 1 atom stereocenters. The van der Waals surface area contributed by atoms with E-state index >= 15 is 0 Å². The maximum atomic E-state index is 11.3. The average molecular weight is 507 g/mol. The van der Waals surface area contributed by atoms with Gasteiger partial charge in [0.15, 0.2) is 0 Å². The summed E-state index contributed by atoms with van der Waals surface area (Å²) in [6.45, 7) is 11.2. The zero-order valence-corrected chi connectivity index (χ0v) is 21.2. The molecule has 0 saturated carbocycles. The number of ether oxygens (including phenoxy) is 2. The summed E-state index contributed by atoms with van der Waals surface area (Å²) < 4.78 is 10.1. The Balaban J connectivity index is 1.44. The minimum Gasteiger partial charge on any atom is -0.508 e. The fraction of sp³-hybridized carbons (Fsp3) is 0.407. The summed E-state index contributed by atoms with van der Waals surface area (Å²) in [5, 5.41) is 22.8. The van der Waals surface area contributed by atoms with Crippen LogP contribution in [0.5, 0.6) is 5.75 Å². The van der Waals surface area contributed by atoms with Crippen molar-refractivity contribution in [3.8, 4) is 17.1 Å². The SMILES string of the molecule is C=CCN1CCN(C(c2ccc(-c3nnn(CCOCC(=O)OCC)n3)cc2)c2cccc(O)c2)CC1. The molecule has 1 aromatic heterocycles. The molecule has 0 bridgehead atoms. The van der Waals surface area contributed by atoms with Crippen LogP contribution < -0.4 is 0 Å². The molecule has 1 aliphatic rings. The maximum absolute atomic E-state index is 11.3. The Kier molecular flexibility index (Phi) is 9.36. The molecule has 2 aromatic carbocycles. The molecule has 2 heterocycles. The Morgan fingerprint density at radius 1 is 1.14 bits per heavy atom. The van der Waals surface area contributed by atoms with Crippen LogP contribution in [0.1, 0.15) is 24.1 Å². The van der Waals surface area contributed by atoms with Gasteiger partial charge in [0.05, 0.1) is 25.8 Å². The number of benzene rings is 2. The molecule has 196 valence electrons. The lowest BCUT2D eigenvalue weighted by molar-refractivity contribution is -0.148. The summed E-state index contributed by atoms with van der Waals surface area (Å²) in [7, 11) is 0. The van der Waals surface area contributed by atoms with Crippen molar-refractivity contribution < 1.29 is 19.4 Å². The molecular formula is C27H34N6O4. The quantitative estimate of drug-likeness (QED) is 0.225. The highest BCUT2D eigenvalue weighted by atomic mass is 16.6. The Morgan fingerprint density at radius 3 is 2.62 bits per heavy atom. The fourth-order valence-electron chi connectivity index (χ4n) is 4.47. The zero-order chi connectivity index (χ0) is 26.0. The van der Waals surface area contributed by atoms with E-state index in [4.69, 9.17) is 9.47 Å². The summed E-state index contributed by atoms with van der Waals surface area (Å²) in [6, 6.07) is 15.7. The Labute approximate surface area is 217 Å². The Bertz CT molecular complexity index is 1160. The molecule has 37 heavy (non-hydrogen) atoms. The number of nitrogens with zero attached hydrogens (tertiary/aromatic N) is 6. The summed E-state index contributed by atoms with van der Waals surface area (Å²) >= 11 is 0. The first-order valence-electron chi connectivity index (χ1n) is 12.5. The smallest absolute Gasteiger partial charge is 0.332 e. The normalized spacial score (nSPS) is 15.4. The highest BCUT2D eigenvalue weighted by Gasteiger charge is 2.26. The second-order valence-corrected chi connectivity index (χ2v) is 8.81. The molecule has 0 amide bonds. The van der Waals surface area contributed by atoms with E-state index in [9.17, 15) is 9.90 Å². The number of esters is 1. The van der Waals surface area contributed by atoms with E-state index in [1.165, 1.54) is 4.80 Å². The van der Waals surface area contributed by atoms with Crippen molar-refractivity contribution in [2.75, 3.05) is 52.5 Å². The van der Waals surface area contributed by atoms with Crippen LogP contribution >= 0.6 is 0 Å². The van der Waals surface area contributed by atoms with Gasteiger partial charge in [-0.15, -0.1) is 16.8 Å². The summed E-state index contributed by atoms with van der Waals surface area (Å²) in [4.78, 5) is 17.6. The number of tetrazole rings is 1. The highest BCUT2D eigenvalue weighted by Crippen LogP contribution is 2.32. The number of carbonyl (C=O) groups excluding carboxylic acids is 1. The molecule has 10 nitrogen and oxygen atoms in total. The molecule has 10 heteroatoms. The van der Waals surface area contributed by atoms with Crippen LogP contribution in [-0.4, -0.2) is 93.6 Å². The lowest BCUT2D eigenvalue weighted by Gasteiger charge is -2.39. The standard InChI is InChI=1S/C27H34N6O4/c1-3-12-31-13-15-32(16-14-31)26(23-6-5-7-24(34)19-23)21-8-10-22(11-9-21)27-28-30-33(29-27)17-18-36-20-25(35)37-4-2/h3,5-11,19,26,34H,1,4,12-18,20H2,2H3. The highest BCUT2D eigenvalue weighted by molar-refractivity contribution is 5.70. The van der Waals surface area contributed by atoms with Gasteiger partial charge in [-0.05, 0) is 35.4 Å². The van der Waals surface area contributed by atoms with Crippen molar-refractivity contribution >= 4 is 5.97 Å². The van der Waals surface area contributed by atoms with Crippen molar-refractivity contribution in [1.82, 2.24) is 30.0 Å². The van der Waals surface area contributed by atoms with Gasteiger partial charge in [-0.25, -0.2) is 4.79 Å². The molecule has 3 aromatic rings.